The lowest BCUT2D eigenvalue weighted by Gasteiger charge is -2.08. The summed E-state index contributed by atoms with van der Waals surface area (Å²) in [5.41, 5.74) is 0.848. The fourth-order valence-electron chi connectivity index (χ4n) is 1.72. The van der Waals surface area contributed by atoms with Crippen LogP contribution in [-0.2, 0) is 6.42 Å². The van der Waals surface area contributed by atoms with Crippen molar-refractivity contribution in [1.82, 2.24) is 4.98 Å². The largest absolute Gasteiger partial charge is 0.379 e. The maximum atomic E-state index is 13.4. The van der Waals surface area contributed by atoms with E-state index in [2.05, 4.69) is 10.3 Å². The molecule has 1 aromatic heterocycles. The van der Waals surface area contributed by atoms with E-state index in [9.17, 15) is 14.5 Å². The number of hydrogen-bond donors (Lipinski definition) is 1. The summed E-state index contributed by atoms with van der Waals surface area (Å²) in [6.45, 7) is 0.424. The van der Waals surface area contributed by atoms with Crippen molar-refractivity contribution in [3.63, 3.8) is 0 Å². The van der Waals surface area contributed by atoms with Gasteiger partial charge in [0.15, 0.2) is 0 Å². The number of hydrogen-bond acceptors (Lipinski definition) is 4. The number of halogens is 2. The van der Waals surface area contributed by atoms with E-state index in [1.807, 2.05) is 6.07 Å². The molecule has 0 aliphatic carbocycles. The van der Waals surface area contributed by atoms with E-state index in [1.54, 1.807) is 18.5 Å². The van der Waals surface area contributed by atoms with Gasteiger partial charge in [-0.1, -0.05) is 17.7 Å². The molecule has 0 bridgehead atoms. The number of nitro groups is 1. The number of benzene rings is 1. The first kappa shape index (κ1) is 14.2. The van der Waals surface area contributed by atoms with Crippen LogP contribution in [0, 0.1) is 15.9 Å². The van der Waals surface area contributed by atoms with Crippen LogP contribution in [0.1, 0.15) is 5.56 Å². The van der Waals surface area contributed by atoms with Crippen molar-refractivity contribution in [2.45, 2.75) is 6.42 Å². The van der Waals surface area contributed by atoms with Gasteiger partial charge in [0, 0.05) is 31.1 Å². The predicted molar refractivity (Wildman–Crippen MR) is 74.5 cm³/mol. The first-order valence-electron chi connectivity index (χ1n) is 5.84. The van der Waals surface area contributed by atoms with Crippen molar-refractivity contribution in [1.29, 1.82) is 0 Å². The second kappa shape index (κ2) is 6.29. The van der Waals surface area contributed by atoms with Gasteiger partial charge in [-0.3, -0.25) is 15.1 Å². The monoisotopic (exact) mass is 295 g/mol. The van der Waals surface area contributed by atoms with Gasteiger partial charge in [-0.15, -0.1) is 0 Å². The molecule has 0 atom stereocenters. The minimum atomic E-state index is -0.693. The maximum absolute atomic E-state index is 13.4. The van der Waals surface area contributed by atoms with Gasteiger partial charge < -0.3 is 5.32 Å². The number of rotatable bonds is 5. The molecule has 0 saturated heterocycles. The van der Waals surface area contributed by atoms with Crippen molar-refractivity contribution in [2.75, 3.05) is 11.9 Å². The number of nitrogens with one attached hydrogen (secondary N) is 1. The van der Waals surface area contributed by atoms with Crippen molar-refractivity contribution in [3.8, 4) is 0 Å². The van der Waals surface area contributed by atoms with Crippen LogP contribution in [-0.4, -0.2) is 16.5 Å². The Kier molecular flexibility index (Phi) is 4.47. The zero-order valence-electron chi connectivity index (χ0n) is 10.3. The molecule has 1 aromatic carbocycles. The third-order valence-electron chi connectivity index (χ3n) is 2.69. The average molecular weight is 296 g/mol. The topological polar surface area (TPSA) is 68.1 Å². The van der Waals surface area contributed by atoms with E-state index < -0.39 is 10.7 Å². The first-order chi connectivity index (χ1) is 9.58. The Morgan fingerprint density at radius 1 is 1.45 bits per heavy atom. The van der Waals surface area contributed by atoms with Crippen molar-refractivity contribution in [3.05, 3.63) is 63.2 Å². The molecule has 0 fully saturated rings. The highest BCUT2D eigenvalue weighted by molar-refractivity contribution is 6.31. The van der Waals surface area contributed by atoms with Crippen molar-refractivity contribution in [2.24, 2.45) is 0 Å². The summed E-state index contributed by atoms with van der Waals surface area (Å²) < 4.78 is 13.4. The van der Waals surface area contributed by atoms with Crippen LogP contribution < -0.4 is 5.32 Å². The number of aromatic nitrogens is 1. The summed E-state index contributed by atoms with van der Waals surface area (Å²) in [6.07, 6.45) is 3.99. The number of nitrogens with zero attached hydrogens (tertiary/aromatic N) is 2. The van der Waals surface area contributed by atoms with E-state index in [0.29, 0.717) is 13.0 Å². The van der Waals surface area contributed by atoms with Crippen molar-refractivity contribution >= 4 is 23.0 Å². The standard InChI is InChI=1S/C13H11ClFN3O2/c14-10-6-13(18(19)20)12(7-11(10)15)17-5-3-9-2-1-4-16-8-9/h1-2,4,6-8,17H,3,5H2. The quantitative estimate of drug-likeness (QED) is 0.678. The highest BCUT2D eigenvalue weighted by Gasteiger charge is 2.17. The van der Waals surface area contributed by atoms with E-state index in [0.717, 1.165) is 17.7 Å². The molecule has 2 aromatic rings. The van der Waals surface area contributed by atoms with Gasteiger partial charge in [-0.2, -0.15) is 0 Å². The van der Waals surface area contributed by atoms with E-state index in [1.165, 1.54) is 0 Å². The summed E-state index contributed by atoms with van der Waals surface area (Å²) in [4.78, 5) is 14.3. The fourth-order valence-corrected chi connectivity index (χ4v) is 1.87. The lowest BCUT2D eigenvalue weighted by Crippen LogP contribution is -2.07. The Hall–Kier alpha value is -2.21. The Morgan fingerprint density at radius 2 is 2.25 bits per heavy atom. The first-order valence-corrected chi connectivity index (χ1v) is 6.22. The minimum Gasteiger partial charge on any atom is -0.379 e. The average Bonchev–Trinajstić information content (AvgIpc) is 2.43. The van der Waals surface area contributed by atoms with E-state index in [-0.39, 0.29) is 16.4 Å². The predicted octanol–water partition coefficient (Wildman–Crippen LogP) is 3.44. The lowest BCUT2D eigenvalue weighted by atomic mass is 10.2. The Bertz CT molecular complexity index is 623. The Labute approximate surface area is 119 Å². The maximum Gasteiger partial charge on any atom is 0.294 e. The molecule has 0 aliphatic heterocycles. The molecular weight excluding hydrogens is 285 g/mol. The summed E-state index contributed by atoms with van der Waals surface area (Å²) >= 11 is 5.54. The molecule has 0 radical (unpaired) electrons. The second-order valence-corrected chi connectivity index (χ2v) is 4.49. The van der Waals surface area contributed by atoms with Gasteiger partial charge in [0.2, 0.25) is 0 Å². The van der Waals surface area contributed by atoms with Gasteiger partial charge in [-0.05, 0) is 18.1 Å². The molecule has 20 heavy (non-hydrogen) atoms. The highest BCUT2D eigenvalue weighted by atomic mass is 35.5. The summed E-state index contributed by atoms with van der Waals surface area (Å²) in [5.74, 6) is -0.693. The van der Waals surface area contributed by atoms with Crippen LogP contribution in [0.15, 0.2) is 36.7 Å². The van der Waals surface area contributed by atoms with Crippen molar-refractivity contribution < 1.29 is 9.31 Å². The summed E-state index contributed by atoms with van der Waals surface area (Å²) in [7, 11) is 0. The summed E-state index contributed by atoms with van der Waals surface area (Å²) in [5, 5.41) is 13.5. The third-order valence-corrected chi connectivity index (χ3v) is 2.98. The van der Waals surface area contributed by atoms with E-state index >= 15 is 0 Å². The molecule has 1 heterocycles. The SMILES string of the molecule is O=[N+]([O-])c1cc(Cl)c(F)cc1NCCc1cccnc1. The lowest BCUT2D eigenvalue weighted by molar-refractivity contribution is -0.384. The third kappa shape index (κ3) is 3.42. The number of anilines is 1. The zero-order valence-corrected chi connectivity index (χ0v) is 11.1. The van der Waals surface area contributed by atoms with Crippen LogP contribution in [0.4, 0.5) is 15.8 Å². The van der Waals surface area contributed by atoms with Crippen LogP contribution in [0.25, 0.3) is 0 Å². The zero-order chi connectivity index (χ0) is 14.5. The molecule has 0 spiro atoms. The molecule has 0 saturated carbocycles. The molecular formula is C13H11ClFN3O2. The normalized spacial score (nSPS) is 10.3. The molecule has 104 valence electrons. The minimum absolute atomic E-state index is 0.112. The molecule has 0 unspecified atom stereocenters. The van der Waals surface area contributed by atoms with Crippen LogP contribution in [0.5, 0.6) is 0 Å². The van der Waals surface area contributed by atoms with Gasteiger partial charge >= 0.3 is 0 Å². The molecule has 0 amide bonds. The molecule has 0 aliphatic rings. The fraction of sp³-hybridized carbons (Fsp3) is 0.154. The number of pyridine rings is 1. The van der Waals surface area contributed by atoms with Crippen LogP contribution in [0.2, 0.25) is 5.02 Å². The molecule has 5 nitrogen and oxygen atoms in total. The van der Waals surface area contributed by atoms with Gasteiger partial charge in [-0.25, -0.2) is 4.39 Å². The highest BCUT2D eigenvalue weighted by Crippen LogP contribution is 2.30. The van der Waals surface area contributed by atoms with Gasteiger partial charge in [0.1, 0.15) is 11.5 Å². The Balaban J connectivity index is 2.09. The summed E-state index contributed by atoms with van der Waals surface area (Å²) in [6, 6.07) is 5.73. The van der Waals surface area contributed by atoms with Gasteiger partial charge in [0.05, 0.1) is 9.95 Å². The molecule has 2 rings (SSSR count). The molecule has 1 N–H and O–H groups in total. The second-order valence-electron chi connectivity index (χ2n) is 4.08. The Morgan fingerprint density at radius 3 is 2.90 bits per heavy atom. The van der Waals surface area contributed by atoms with Crippen LogP contribution in [0.3, 0.4) is 0 Å². The number of nitro benzene ring substituents is 1. The van der Waals surface area contributed by atoms with E-state index in [4.69, 9.17) is 11.6 Å². The van der Waals surface area contributed by atoms with Crippen LogP contribution >= 0.6 is 11.6 Å². The molecule has 7 heteroatoms. The van der Waals surface area contributed by atoms with Gasteiger partial charge in [0.25, 0.3) is 5.69 Å². The smallest absolute Gasteiger partial charge is 0.294 e.